The van der Waals surface area contributed by atoms with Crippen LogP contribution in [0.5, 0.6) is 0 Å². The highest BCUT2D eigenvalue weighted by atomic mass is 35.5. The molecule has 84 valence electrons. The van der Waals surface area contributed by atoms with E-state index >= 15 is 0 Å². The van der Waals surface area contributed by atoms with Crippen LogP contribution in [-0.4, -0.2) is 24.0 Å². The number of halogens is 1. The Labute approximate surface area is 100 Å². The van der Waals surface area contributed by atoms with Gasteiger partial charge in [-0.3, -0.25) is 4.90 Å². The molecule has 2 rings (SSSR count). The molecule has 2 heterocycles. The molecule has 0 radical (unpaired) electrons. The van der Waals surface area contributed by atoms with Crippen molar-refractivity contribution in [1.82, 2.24) is 4.90 Å². The second kappa shape index (κ2) is 4.83. The SMILES string of the molecule is CC(c1csc(Cl)c1)N1CCC(N)CC1. The average Bonchev–Trinajstić information content (AvgIpc) is 2.65. The van der Waals surface area contributed by atoms with Crippen LogP contribution in [0.2, 0.25) is 4.34 Å². The van der Waals surface area contributed by atoms with Crippen LogP contribution in [-0.2, 0) is 0 Å². The number of nitrogens with zero attached hydrogens (tertiary/aromatic N) is 1. The summed E-state index contributed by atoms with van der Waals surface area (Å²) in [7, 11) is 0. The molecule has 15 heavy (non-hydrogen) atoms. The molecule has 1 aliphatic heterocycles. The second-order valence-corrected chi connectivity index (χ2v) is 5.78. The average molecular weight is 245 g/mol. The predicted molar refractivity (Wildman–Crippen MR) is 66.5 cm³/mol. The summed E-state index contributed by atoms with van der Waals surface area (Å²) in [6.45, 7) is 4.46. The van der Waals surface area contributed by atoms with Crippen molar-refractivity contribution in [3.05, 3.63) is 21.3 Å². The molecular formula is C11H17ClN2S. The standard InChI is InChI=1S/C11H17ClN2S/c1-8(9-6-11(12)15-7-9)14-4-2-10(13)3-5-14/h6-8,10H,2-5,13H2,1H3. The summed E-state index contributed by atoms with van der Waals surface area (Å²) in [5.74, 6) is 0. The molecule has 1 aromatic rings. The molecule has 1 aliphatic rings. The number of hydrogen-bond donors (Lipinski definition) is 1. The molecule has 2 nitrogen and oxygen atoms in total. The first-order valence-corrected chi connectivity index (χ1v) is 6.66. The van der Waals surface area contributed by atoms with Crippen LogP contribution in [0.4, 0.5) is 0 Å². The molecule has 1 aromatic heterocycles. The molecule has 1 atom stereocenters. The molecule has 4 heteroatoms. The van der Waals surface area contributed by atoms with Crippen LogP contribution >= 0.6 is 22.9 Å². The van der Waals surface area contributed by atoms with E-state index < -0.39 is 0 Å². The highest BCUT2D eigenvalue weighted by Gasteiger charge is 2.21. The third-order valence-corrected chi connectivity index (χ3v) is 4.30. The van der Waals surface area contributed by atoms with Crippen LogP contribution < -0.4 is 5.73 Å². The van der Waals surface area contributed by atoms with Crippen LogP contribution in [0.1, 0.15) is 31.4 Å². The zero-order chi connectivity index (χ0) is 10.8. The van der Waals surface area contributed by atoms with Gasteiger partial charge in [-0.15, -0.1) is 11.3 Å². The monoisotopic (exact) mass is 244 g/mol. The second-order valence-electron chi connectivity index (χ2n) is 4.23. The number of likely N-dealkylation sites (tertiary alicyclic amines) is 1. The molecule has 0 bridgehead atoms. The summed E-state index contributed by atoms with van der Waals surface area (Å²) < 4.78 is 0.880. The Kier molecular flexibility index (Phi) is 3.67. The van der Waals surface area contributed by atoms with E-state index in [9.17, 15) is 0 Å². The minimum absolute atomic E-state index is 0.402. The van der Waals surface area contributed by atoms with Crippen molar-refractivity contribution in [2.75, 3.05) is 13.1 Å². The lowest BCUT2D eigenvalue weighted by molar-refractivity contribution is 0.163. The predicted octanol–water partition coefficient (Wildman–Crippen LogP) is 2.89. The van der Waals surface area contributed by atoms with E-state index in [0.29, 0.717) is 12.1 Å². The summed E-state index contributed by atoms with van der Waals surface area (Å²) in [5.41, 5.74) is 7.23. The summed E-state index contributed by atoms with van der Waals surface area (Å²) >= 11 is 7.56. The minimum atomic E-state index is 0.402. The quantitative estimate of drug-likeness (QED) is 0.867. The Morgan fingerprint density at radius 1 is 1.53 bits per heavy atom. The van der Waals surface area contributed by atoms with E-state index in [-0.39, 0.29) is 0 Å². The zero-order valence-corrected chi connectivity index (χ0v) is 10.5. The molecule has 1 unspecified atom stereocenters. The normalized spacial score (nSPS) is 21.8. The van der Waals surface area contributed by atoms with Crippen molar-refractivity contribution in [1.29, 1.82) is 0 Å². The molecule has 1 fully saturated rings. The Morgan fingerprint density at radius 2 is 2.20 bits per heavy atom. The number of hydrogen-bond acceptors (Lipinski definition) is 3. The summed E-state index contributed by atoms with van der Waals surface area (Å²) in [6.07, 6.45) is 2.23. The Bertz CT molecular complexity index is 318. The van der Waals surface area contributed by atoms with Gasteiger partial charge in [-0.25, -0.2) is 0 Å². The molecule has 0 aliphatic carbocycles. The van der Waals surface area contributed by atoms with Crippen LogP contribution in [0, 0.1) is 0 Å². The van der Waals surface area contributed by atoms with Crippen molar-refractivity contribution in [3.8, 4) is 0 Å². The number of thiophene rings is 1. The van der Waals surface area contributed by atoms with Crippen LogP contribution in [0.3, 0.4) is 0 Å². The molecule has 0 spiro atoms. The topological polar surface area (TPSA) is 29.3 Å². The van der Waals surface area contributed by atoms with Crippen molar-refractivity contribution >= 4 is 22.9 Å². The number of nitrogens with two attached hydrogens (primary N) is 1. The van der Waals surface area contributed by atoms with Crippen molar-refractivity contribution in [2.45, 2.75) is 31.8 Å². The first kappa shape index (κ1) is 11.4. The van der Waals surface area contributed by atoms with Gasteiger partial charge in [0.05, 0.1) is 4.34 Å². The van der Waals surface area contributed by atoms with Gasteiger partial charge in [0.2, 0.25) is 0 Å². The molecular weight excluding hydrogens is 228 g/mol. The maximum Gasteiger partial charge on any atom is 0.0931 e. The fourth-order valence-corrected chi connectivity index (χ4v) is 3.04. The first-order valence-electron chi connectivity index (χ1n) is 5.40. The van der Waals surface area contributed by atoms with E-state index in [4.69, 9.17) is 17.3 Å². The van der Waals surface area contributed by atoms with Gasteiger partial charge in [0.15, 0.2) is 0 Å². The zero-order valence-electron chi connectivity index (χ0n) is 8.95. The van der Waals surface area contributed by atoms with Crippen molar-refractivity contribution in [2.24, 2.45) is 5.73 Å². The van der Waals surface area contributed by atoms with E-state index in [1.165, 1.54) is 5.56 Å². The molecule has 1 saturated heterocycles. The molecule has 0 amide bonds. The van der Waals surface area contributed by atoms with E-state index in [0.717, 1.165) is 30.3 Å². The lowest BCUT2D eigenvalue weighted by atomic mass is 10.0. The lowest BCUT2D eigenvalue weighted by Crippen LogP contribution is -2.40. The maximum atomic E-state index is 5.95. The minimum Gasteiger partial charge on any atom is -0.328 e. The Hall–Kier alpha value is -0.0900. The summed E-state index contributed by atoms with van der Waals surface area (Å²) in [6, 6.07) is 2.95. The lowest BCUT2D eigenvalue weighted by Gasteiger charge is -2.34. The molecule has 0 aromatic carbocycles. The van der Waals surface area contributed by atoms with Gasteiger partial charge in [-0.1, -0.05) is 11.6 Å². The molecule has 2 N–H and O–H groups in total. The van der Waals surface area contributed by atoms with Crippen LogP contribution in [0.15, 0.2) is 11.4 Å². The van der Waals surface area contributed by atoms with Gasteiger partial charge in [0.25, 0.3) is 0 Å². The van der Waals surface area contributed by atoms with E-state index in [2.05, 4.69) is 23.3 Å². The van der Waals surface area contributed by atoms with Gasteiger partial charge in [0, 0.05) is 25.2 Å². The van der Waals surface area contributed by atoms with Gasteiger partial charge in [0.1, 0.15) is 0 Å². The largest absolute Gasteiger partial charge is 0.328 e. The number of rotatable bonds is 2. The number of piperidine rings is 1. The summed E-state index contributed by atoms with van der Waals surface area (Å²) in [5, 5.41) is 2.15. The van der Waals surface area contributed by atoms with Crippen molar-refractivity contribution < 1.29 is 0 Å². The maximum absolute atomic E-state index is 5.95. The summed E-state index contributed by atoms with van der Waals surface area (Å²) in [4.78, 5) is 2.49. The smallest absolute Gasteiger partial charge is 0.0931 e. The Morgan fingerprint density at radius 3 is 2.73 bits per heavy atom. The first-order chi connectivity index (χ1) is 7.16. The van der Waals surface area contributed by atoms with E-state index in [1.54, 1.807) is 11.3 Å². The van der Waals surface area contributed by atoms with Crippen molar-refractivity contribution in [3.63, 3.8) is 0 Å². The van der Waals surface area contributed by atoms with Crippen LogP contribution in [0.25, 0.3) is 0 Å². The highest BCUT2D eigenvalue weighted by Crippen LogP contribution is 2.29. The van der Waals surface area contributed by atoms with E-state index in [1.807, 2.05) is 0 Å². The van der Waals surface area contributed by atoms with Gasteiger partial charge in [-0.2, -0.15) is 0 Å². The van der Waals surface area contributed by atoms with Gasteiger partial charge in [-0.05, 0) is 36.8 Å². The Balaban J connectivity index is 1.99. The molecule has 0 saturated carbocycles. The third-order valence-electron chi connectivity index (χ3n) is 3.19. The van der Waals surface area contributed by atoms with Gasteiger partial charge >= 0.3 is 0 Å². The highest BCUT2D eigenvalue weighted by molar-refractivity contribution is 7.14. The van der Waals surface area contributed by atoms with Gasteiger partial charge < -0.3 is 5.73 Å². The fraction of sp³-hybridized carbons (Fsp3) is 0.636. The third kappa shape index (κ3) is 2.72. The fourth-order valence-electron chi connectivity index (χ4n) is 2.06.